The standard InChI is InChI=1S/C26H36N2O3.C21H27NO2.C5H9NO2/c1-17(28-15-19(16-28)25(29)30-5)23-12-6-18-14-22(11-13-24(18)27-23)31-21-9-7-20(8-10-21)26(2,3)4;1-14(23)19-11-5-15-13-18(10-12-20(15)22-19)24-17-8-6-16(7-9-17)21(2,3)4;1-8-5(7)4-2-6-3-4/h6,11-14,17,19-21H,7-10,15-16H2,1-5H3;5,10-13,16-17H,6-9H2,1-4H3;4,6H,2-3H2,1H3. The summed E-state index contributed by atoms with van der Waals surface area (Å²) in [5.74, 6) is 3.33. The van der Waals surface area contributed by atoms with Crippen LogP contribution in [0.2, 0.25) is 0 Å². The lowest BCUT2D eigenvalue weighted by Crippen LogP contribution is -2.51. The van der Waals surface area contributed by atoms with Gasteiger partial charge in [0.05, 0.1) is 55.0 Å². The minimum atomic E-state index is -0.116. The maximum Gasteiger partial charge on any atom is 0.311 e. The highest BCUT2D eigenvalue weighted by molar-refractivity contribution is 5.94. The number of carbonyl (C=O) groups is 3. The highest BCUT2D eigenvalue weighted by Gasteiger charge is 2.37. The van der Waals surface area contributed by atoms with Crippen LogP contribution in [0.5, 0.6) is 11.5 Å². The zero-order valence-corrected chi connectivity index (χ0v) is 39.5. The molecule has 2 saturated heterocycles. The molecule has 2 aromatic carbocycles. The normalized spacial score (nSPS) is 22.5. The third-order valence-electron chi connectivity index (χ3n) is 13.8. The van der Waals surface area contributed by atoms with E-state index in [2.05, 4.69) is 98.7 Å². The van der Waals surface area contributed by atoms with Crippen molar-refractivity contribution < 1.29 is 33.3 Å². The van der Waals surface area contributed by atoms with E-state index in [1.54, 1.807) is 13.0 Å². The molecule has 1 atom stereocenters. The molecule has 2 aliphatic heterocycles. The average Bonchev–Trinajstić information content (AvgIpc) is 3.22. The summed E-state index contributed by atoms with van der Waals surface area (Å²) in [7, 11) is 2.87. The molecule has 0 bridgehead atoms. The summed E-state index contributed by atoms with van der Waals surface area (Å²) in [5, 5.41) is 5.09. The molecule has 4 heterocycles. The van der Waals surface area contributed by atoms with Gasteiger partial charge in [-0.15, -0.1) is 0 Å². The highest BCUT2D eigenvalue weighted by Crippen LogP contribution is 2.40. The summed E-state index contributed by atoms with van der Waals surface area (Å²) in [6.45, 7) is 20.8. The second-order valence-corrected chi connectivity index (χ2v) is 20.3. The summed E-state index contributed by atoms with van der Waals surface area (Å²) in [5.41, 5.74) is 4.16. The Hall–Kier alpha value is -4.61. The van der Waals surface area contributed by atoms with E-state index in [1.807, 2.05) is 24.3 Å². The number of hydrogen-bond acceptors (Lipinski definition) is 11. The van der Waals surface area contributed by atoms with E-state index in [0.29, 0.717) is 28.7 Å². The van der Waals surface area contributed by atoms with Crippen molar-refractivity contribution in [1.29, 1.82) is 0 Å². The molecule has 8 rings (SSSR count). The Morgan fingerprint density at radius 1 is 0.635 bits per heavy atom. The molecule has 4 aliphatic rings. The Bertz CT molecular complexity index is 2170. The number of esters is 2. The van der Waals surface area contributed by atoms with Gasteiger partial charge >= 0.3 is 11.9 Å². The van der Waals surface area contributed by atoms with Crippen LogP contribution >= 0.6 is 0 Å². The van der Waals surface area contributed by atoms with Crippen molar-refractivity contribution in [3.05, 3.63) is 72.1 Å². The van der Waals surface area contributed by atoms with Gasteiger partial charge in [0.15, 0.2) is 5.78 Å². The van der Waals surface area contributed by atoms with E-state index >= 15 is 0 Å². The van der Waals surface area contributed by atoms with Gasteiger partial charge in [0.25, 0.3) is 0 Å². The molecule has 63 heavy (non-hydrogen) atoms. The average molecular weight is 865 g/mol. The summed E-state index contributed by atoms with van der Waals surface area (Å²) in [6.07, 6.45) is 10.1. The second kappa shape index (κ2) is 20.9. The number of nitrogens with zero attached hydrogens (tertiary/aromatic N) is 3. The van der Waals surface area contributed by atoms with Crippen molar-refractivity contribution in [3.63, 3.8) is 0 Å². The lowest BCUT2D eigenvalue weighted by atomic mass is 9.72. The van der Waals surface area contributed by atoms with Crippen molar-refractivity contribution >= 4 is 39.5 Å². The number of aromatic nitrogens is 2. The Morgan fingerprint density at radius 2 is 1.10 bits per heavy atom. The number of carbonyl (C=O) groups excluding carboxylic acids is 3. The predicted octanol–water partition coefficient (Wildman–Crippen LogP) is 10.2. The van der Waals surface area contributed by atoms with Gasteiger partial charge in [-0.1, -0.05) is 53.7 Å². The molecule has 4 aromatic rings. The van der Waals surface area contributed by atoms with Gasteiger partial charge in [0, 0.05) is 49.9 Å². The fourth-order valence-corrected chi connectivity index (χ4v) is 9.23. The lowest BCUT2D eigenvalue weighted by Gasteiger charge is -2.41. The molecule has 2 aromatic heterocycles. The zero-order valence-electron chi connectivity index (χ0n) is 39.5. The Labute approximate surface area is 375 Å². The van der Waals surface area contributed by atoms with Crippen molar-refractivity contribution in [3.8, 4) is 11.5 Å². The lowest BCUT2D eigenvalue weighted by molar-refractivity contribution is -0.152. The predicted molar refractivity (Wildman–Crippen MR) is 249 cm³/mol. The van der Waals surface area contributed by atoms with E-state index in [4.69, 9.17) is 19.2 Å². The first-order valence-corrected chi connectivity index (χ1v) is 23.2. The van der Waals surface area contributed by atoms with Gasteiger partial charge < -0.3 is 24.3 Å². The van der Waals surface area contributed by atoms with Crippen LogP contribution in [-0.4, -0.2) is 85.2 Å². The third-order valence-corrected chi connectivity index (χ3v) is 13.8. The van der Waals surface area contributed by atoms with Crippen LogP contribution in [0, 0.1) is 34.5 Å². The van der Waals surface area contributed by atoms with Crippen LogP contribution < -0.4 is 14.8 Å². The Morgan fingerprint density at radius 3 is 1.51 bits per heavy atom. The topological polar surface area (TPSA) is 129 Å². The van der Waals surface area contributed by atoms with Crippen molar-refractivity contribution in [2.24, 2.45) is 34.5 Å². The van der Waals surface area contributed by atoms with Crippen molar-refractivity contribution in [2.75, 3.05) is 40.4 Å². The molecule has 1 unspecified atom stereocenters. The van der Waals surface area contributed by atoms with Crippen LogP contribution in [0.4, 0.5) is 0 Å². The molecule has 1 N–H and O–H groups in total. The largest absolute Gasteiger partial charge is 0.490 e. The van der Waals surface area contributed by atoms with Crippen LogP contribution in [0.1, 0.15) is 129 Å². The Balaban J connectivity index is 0.000000182. The highest BCUT2D eigenvalue weighted by atomic mass is 16.5. The van der Waals surface area contributed by atoms with Gasteiger partial charge in [-0.3, -0.25) is 24.3 Å². The molecular formula is C52H72N4O7. The number of pyridine rings is 2. The number of likely N-dealkylation sites (tertiary alicyclic amines) is 1. The molecule has 342 valence electrons. The number of rotatable bonds is 9. The number of ether oxygens (including phenoxy) is 4. The number of fused-ring (bicyclic) bond motifs is 2. The van der Waals surface area contributed by atoms with Gasteiger partial charge in [-0.2, -0.15) is 0 Å². The van der Waals surface area contributed by atoms with Crippen LogP contribution in [0.15, 0.2) is 60.7 Å². The zero-order chi connectivity index (χ0) is 45.5. The summed E-state index contributed by atoms with van der Waals surface area (Å²) in [4.78, 5) is 45.1. The maximum atomic E-state index is 11.6. The van der Waals surface area contributed by atoms with E-state index in [1.165, 1.54) is 39.9 Å². The van der Waals surface area contributed by atoms with Gasteiger partial charge in [0.1, 0.15) is 17.2 Å². The number of methoxy groups -OCH3 is 2. The maximum absolute atomic E-state index is 11.6. The van der Waals surface area contributed by atoms with E-state index < -0.39 is 0 Å². The van der Waals surface area contributed by atoms with Crippen LogP contribution in [0.3, 0.4) is 0 Å². The van der Waals surface area contributed by atoms with Crippen LogP contribution in [-0.2, 0) is 19.1 Å². The first kappa shape index (κ1) is 47.9. The first-order valence-electron chi connectivity index (χ1n) is 23.2. The monoisotopic (exact) mass is 865 g/mol. The van der Waals surface area contributed by atoms with Gasteiger partial charge in [0.2, 0.25) is 0 Å². The molecule has 0 amide bonds. The van der Waals surface area contributed by atoms with Crippen LogP contribution in [0.25, 0.3) is 21.8 Å². The van der Waals surface area contributed by atoms with E-state index in [9.17, 15) is 14.4 Å². The van der Waals surface area contributed by atoms with Gasteiger partial charge in [-0.25, -0.2) is 4.98 Å². The summed E-state index contributed by atoms with van der Waals surface area (Å²) >= 11 is 0. The molecule has 11 nitrogen and oxygen atoms in total. The fraction of sp³-hybridized carbons (Fsp3) is 0.596. The number of ketones is 1. The number of benzene rings is 2. The second-order valence-electron chi connectivity index (χ2n) is 20.3. The molecule has 0 radical (unpaired) electrons. The minimum absolute atomic E-state index is 0.00663. The van der Waals surface area contributed by atoms with Crippen molar-refractivity contribution in [1.82, 2.24) is 20.2 Å². The molecule has 2 aliphatic carbocycles. The summed E-state index contributed by atoms with van der Waals surface area (Å²) < 4.78 is 21.9. The molecule has 2 saturated carbocycles. The quantitative estimate of drug-likeness (QED) is 0.128. The SMILES string of the molecule is CC(=O)c1ccc2cc(OC3CCC(C(C)(C)C)CC3)ccc2n1.COC(=O)C1CN(C(C)c2ccc3cc(OC4CCC(C(C)(C)C)CC4)ccc3n2)C1.COC(=O)C1CNC1. The van der Waals surface area contributed by atoms with Gasteiger partial charge in [-0.05, 0) is 129 Å². The smallest absolute Gasteiger partial charge is 0.311 e. The molecule has 0 spiro atoms. The molecule has 4 fully saturated rings. The number of Topliss-reactive ketones (excluding diaryl/α,β-unsaturated/α-hetero) is 1. The number of nitrogens with one attached hydrogen (secondary N) is 1. The molecular weight excluding hydrogens is 793 g/mol. The third kappa shape index (κ3) is 12.8. The van der Waals surface area contributed by atoms with E-state index in [0.717, 1.165) is 103 Å². The minimum Gasteiger partial charge on any atom is -0.490 e. The number of hydrogen-bond donors (Lipinski definition) is 1. The Kier molecular flexibility index (Phi) is 15.9. The van der Waals surface area contributed by atoms with Crippen molar-refractivity contribution in [2.45, 2.75) is 125 Å². The summed E-state index contributed by atoms with van der Waals surface area (Å²) in [6, 6.07) is 20.3. The van der Waals surface area contributed by atoms with E-state index in [-0.39, 0.29) is 35.6 Å². The first-order chi connectivity index (χ1) is 29.9. The fourth-order valence-electron chi connectivity index (χ4n) is 9.23. The molecule has 11 heteroatoms.